The third-order valence-corrected chi connectivity index (χ3v) is 3.59. The molecular formula is C17H19F2N. The molecule has 2 aromatic rings. The fraction of sp³-hybridized carbons (Fsp3) is 0.294. The smallest absolute Gasteiger partial charge is 0.163 e. The van der Waals surface area contributed by atoms with Gasteiger partial charge in [-0.2, -0.15) is 0 Å². The van der Waals surface area contributed by atoms with E-state index in [0.717, 1.165) is 5.56 Å². The van der Waals surface area contributed by atoms with E-state index < -0.39 is 11.6 Å². The Balaban J connectivity index is 2.29. The summed E-state index contributed by atoms with van der Waals surface area (Å²) in [5.41, 5.74) is 2.98. The molecule has 0 amide bonds. The summed E-state index contributed by atoms with van der Waals surface area (Å²) in [6.45, 7) is 3.59. The summed E-state index contributed by atoms with van der Waals surface area (Å²) >= 11 is 0. The molecule has 106 valence electrons. The van der Waals surface area contributed by atoms with E-state index in [1.54, 1.807) is 26.1 Å². The molecule has 0 bridgehead atoms. The van der Waals surface area contributed by atoms with E-state index in [0.29, 0.717) is 17.5 Å². The van der Waals surface area contributed by atoms with E-state index in [1.165, 1.54) is 5.56 Å². The highest BCUT2D eigenvalue weighted by molar-refractivity contribution is 5.30. The lowest BCUT2D eigenvalue weighted by Gasteiger charge is -2.18. The van der Waals surface area contributed by atoms with Gasteiger partial charge in [0, 0.05) is 11.6 Å². The number of rotatable bonds is 4. The molecule has 3 heteroatoms. The zero-order valence-corrected chi connectivity index (χ0v) is 12.0. The molecule has 0 aliphatic carbocycles. The Bertz CT molecular complexity index is 591. The quantitative estimate of drug-likeness (QED) is 0.886. The van der Waals surface area contributed by atoms with E-state index >= 15 is 0 Å². The van der Waals surface area contributed by atoms with Crippen LogP contribution in [0.1, 0.15) is 28.3 Å². The normalized spacial score (nSPS) is 12.4. The summed E-state index contributed by atoms with van der Waals surface area (Å²) < 4.78 is 27.7. The molecule has 1 N–H and O–H groups in total. The predicted octanol–water partition coefficient (Wildman–Crippen LogP) is 4.08. The second kappa shape index (κ2) is 6.14. The Morgan fingerprint density at radius 1 is 0.950 bits per heavy atom. The number of hydrogen-bond donors (Lipinski definition) is 1. The summed E-state index contributed by atoms with van der Waals surface area (Å²) in [7, 11) is 1.76. The largest absolute Gasteiger partial charge is 0.313 e. The van der Waals surface area contributed by atoms with Gasteiger partial charge in [-0.05, 0) is 38.4 Å². The third-order valence-electron chi connectivity index (χ3n) is 3.59. The van der Waals surface area contributed by atoms with Crippen molar-refractivity contribution < 1.29 is 8.78 Å². The van der Waals surface area contributed by atoms with Crippen LogP contribution in [0.15, 0.2) is 36.4 Å². The Morgan fingerprint density at radius 3 is 2.20 bits per heavy atom. The van der Waals surface area contributed by atoms with E-state index in [4.69, 9.17) is 0 Å². The van der Waals surface area contributed by atoms with Crippen LogP contribution in [-0.4, -0.2) is 7.05 Å². The van der Waals surface area contributed by atoms with Gasteiger partial charge in [0.2, 0.25) is 0 Å². The first-order chi connectivity index (χ1) is 9.52. The van der Waals surface area contributed by atoms with E-state index in [-0.39, 0.29) is 6.04 Å². The highest BCUT2D eigenvalue weighted by Crippen LogP contribution is 2.24. The van der Waals surface area contributed by atoms with Gasteiger partial charge in [-0.15, -0.1) is 0 Å². The lowest BCUT2D eigenvalue weighted by Crippen LogP contribution is -2.20. The van der Waals surface area contributed by atoms with Crippen molar-refractivity contribution in [3.8, 4) is 0 Å². The van der Waals surface area contributed by atoms with Crippen molar-refractivity contribution in [1.82, 2.24) is 5.32 Å². The Labute approximate surface area is 118 Å². The molecule has 2 rings (SSSR count). The van der Waals surface area contributed by atoms with Crippen molar-refractivity contribution in [2.24, 2.45) is 0 Å². The lowest BCUT2D eigenvalue weighted by atomic mass is 9.97. The first-order valence-electron chi connectivity index (χ1n) is 6.70. The van der Waals surface area contributed by atoms with Gasteiger partial charge in [-0.3, -0.25) is 0 Å². The van der Waals surface area contributed by atoms with Gasteiger partial charge in [0.15, 0.2) is 11.6 Å². The van der Waals surface area contributed by atoms with Crippen LogP contribution < -0.4 is 5.32 Å². The molecule has 0 radical (unpaired) electrons. The van der Waals surface area contributed by atoms with Gasteiger partial charge >= 0.3 is 0 Å². The highest BCUT2D eigenvalue weighted by Gasteiger charge is 2.18. The second-order valence-corrected chi connectivity index (χ2v) is 5.13. The zero-order valence-electron chi connectivity index (χ0n) is 12.0. The number of likely N-dealkylation sites (N-methyl/N-ethyl adjacent to an activating group) is 1. The minimum absolute atomic E-state index is 0.243. The molecule has 0 heterocycles. The van der Waals surface area contributed by atoms with Gasteiger partial charge in [0.25, 0.3) is 0 Å². The standard InChI is InChI=1S/C17H19F2N/c1-11-4-7-13(8-5-11)10-15(20-3)14-9-6-12(2)16(18)17(14)19/h4-9,15,20H,10H2,1-3H3. The van der Waals surface area contributed by atoms with Crippen molar-refractivity contribution in [3.63, 3.8) is 0 Å². The first-order valence-corrected chi connectivity index (χ1v) is 6.70. The number of nitrogens with one attached hydrogen (secondary N) is 1. The predicted molar refractivity (Wildman–Crippen MR) is 77.8 cm³/mol. The third kappa shape index (κ3) is 3.05. The van der Waals surface area contributed by atoms with Crippen LogP contribution in [0.2, 0.25) is 0 Å². The monoisotopic (exact) mass is 275 g/mol. The van der Waals surface area contributed by atoms with Crippen LogP contribution in [0.5, 0.6) is 0 Å². The minimum Gasteiger partial charge on any atom is -0.313 e. The van der Waals surface area contributed by atoms with Gasteiger partial charge in [-0.25, -0.2) is 8.78 Å². The highest BCUT2D eigenvalue weighted by atomic mass is 19.2. The van der Waals surface area contributed by atoms with Gasteiger partial charge in [0.05, 0.1) is 0 Å². The van der Waals surface area contributed by atoms with Crippen LogP contribution in [0.3, 0.4) is 0 Å². The molecule has 20 heavy (non-hydrogen) atoms. The maximum Gasteiger partial charge on any atom is 0.163 e. The zero-order chi connectivity index (χ0) is 14.7. The van der Waals surface area contributed by atoms with Crippen LogP contribution in [0, 0.1) is 25.5 Å². The molecule has 0 saturated heterocycles. The summed E-state index contributed by atoms with van der Waals surface area (Å²) in [5.74, 6) is -1.51. The van der Waals surface area contributed by atoms with Crippen molar-refractivity contribution in [3.05, 3.63) is 70.3 Å². The van der Waals surface area contributed by atoms with E-state index in [2.05, 4.69) is 5.32 Å². The Morgan fingerprint density at radius 2 is 1.60 bits per heavy atom. The van der Waals surface area contributed by atoms with Crippen molar-refractivity contribution >= 4 is 0 Å². The van der Waals surface area contributed by atoms with Crippen LogP contribution >= 0.6 is 0 Å². The first kappa shape index (κ1) is 14.7. The molecular weight excluding hydrogens is 256 g/mol. The molecule has 1 nitrogen and oxygen atoms in total. The topological polar surface area (TPSA) is 12.0 Å². The Hall–Kier alpha value is -1.74. The molecule has 0 aliphatic rings. The average molecular weight is 275 g/mol. The fourth-order valence-electron chi connectivity index (χ4n) is 2.26. The van der Waals surface area contributed by atoms with Gasteiger partial charge in [-0.1, -0.05) is 42.0 Å². The maximum atomic E-state index is 14.1. The van der Waals surface area contributed by atoms with Crippen molar-refractivity contribution in [2.75, 3.05) is 7.05 Å². The van der Waals surface area contributed by atoms with Crippen molar-refractivity contribution in [1.29, 1.82) is 0 Å². The van der Waals surface area contributed by atoms with Crippen LogP contribution in [0.25, 0.3) is 0 Å². The average Bonchev–Trinajstić information content (AvgIpc) is 2.45. The molecule has 0 saturated carbocycles. The molecule has 1 unspecified atom stereocenters. The fourth-order valence-corrected chi connectivity index (χ4v) is 2.26. The number of hydrogen-bond acceptors (Lipinski definition) is 1. The SMILES string of the molecule is CNC(Cc1ccc(C)cc1)c1ccc(C)c(F)c1F. The van der Waals surface area contributed by atoms with Crippen LogP contribution in [-0.2, 0) is 6.42 Å². The molecule has 1 atom stereocenters. The van der Waals surface area contributed by atoms with E-state index in [9.17, 15) is 8.78 Å². The second-order valence-electron chi connectivity index (χ2n) is 5.13. The van der Waals surface area contributed by atoms with E-state index in [1.807, 2.05) is 31.2 Å². The van der Waals surface area contributed by atoms with Gasteiger partial charge < -0.3 is 5.32 Å². The summed E-state index contributed by atoms with van der Waals surface area (Å²) in [6, 6.07) is 11.1. The van der Waals surface area contributed by atoms with Crippen LogP contribution in [0.4, 0.5) is 8.78 Å². The number of aryl methyl sites for hydroxylation is 2. The molecule has 2 aromatic carbocycles. The summed E-state index contributed by atoms with van der Waals surface area (Å²) in [5, 5.41) is 3.06. The lowest BCUT2D eigenvalue weighted by molar-refractivity contribution is 0.469. The molecule has 0 aliphatic heterocycles. The van der Waals surface area contributed by atoms with Gasteiger partial charge in [0.1, 0.15) is 0 Å². The number of benzene rings is 2. The summed E-state index contributed by atoms with van der Waals surface area (Å²) in [4.78, 5) is 0. The number of halogens is 2. The summed E-state index contributed by atoms with van der Waals surface area (Å²) in [6.07, 6.45) is 0.621. The molecule has 0 fully saturated rings. The molecule has 0 spiro atoms. The van der Waals surface area contributed by atoms with Crippen molar-refractivity contribution in [2.45, 2.75) is 26.3 Å². The molecule has 0 aromatic heterocycles. The Kier molecular flexibility index (Phi) is 4.50. The minimum atomic E-state index is -0.758. The maximum absolute atomic E-state index is 14.1.